The first-order valence-corrected chi connectivity index (χ1v) is 10.6. The average Bonchev–Trinajstić information content (AvgIpc) is 2.35. The molecule has 0 spiro atoms. The van der Waals surface area contributed by atoms with Gasteiger partial charge in [0.2, 0.25) is 0 Å². The van der Waals surface area contributed by atoms with Crippen LogP contribution in [0.25, 0.3) is 0 Å². The summed E-state index contributed by atoms with van der Waals surface area (Å²) in [7, 11) is 0.172. The number of carboxylic acid groups (broad SMARTS) is 2. The largest absolute Gasteiger partial charge is 2.00 e. The van der Waals surface area contributed by atoms with Crippen LogP contribution in [0.1, 0.15) is 58.3 Å². The molecule has 0 N–H and O–H groups in total. The number of rotatable bonds is 12. The molecule has 0 amide bonds. The van der Waals surface area contributed by atoms with Gasteiger partial charge >= 0.3 is 19.5 Å². The van der Waals surface area contributed by atoms with Crippen molar-refractivity contribution in [1.29, 1.82) is 0 Å². The molecular weight excluding hydrogens is 362 g/mol. The Balaban J connectivity index is -0.000000508. The van der Waals surface area contributed by atoms with E-state index in [9.17, 15) is 0 Å². The number of hydrogen-bond donors (Lipinski definition) is 0. The van der Waals surface area contributed by atoms with Gasteiger partial charge in [-0.25, -0.2) is 0 Å². The molecule has 116 valence electrons. The molecule has 9 heteroatoms. The Morgan fingerprint density at radius 3 is 1.95 bits per heavy atom. The van der Waals surface area contributed by atoms with Crippen molar-refractivity contribution in [2.45, 2.75) is 64.3 Å². The molecule has 0 saturated carbocycles. The summed E-state index contributed by atoms with van der Waals surface area (Å²) in [4.78, 5) is 8.33. The van der Waals surface area contributed by atoms with E-state index in [1.54, 1.807) is 0 Å². The van der Waals surface area contributed by atoms with Crippen LogP contribution in [0.4, 0.5) is 4.79 Å². The summed E-state index contributed by atoms with van der Waals surface area (Å²) in [5, 5.41) is 16.7. The summed E-state index contributed by atoms with van der Waals surface area (Å²) in [5.74, 6) is 0. The molecule has 0 bridgehead atoms. The average molecular weight is 390 g/mol. The van der Waals surface area contributed by atoms with E-state index in [2.05, 4.69) is 6.92 Å². The molecule has 20 heavy (non-hydrogen) atoms. The Hall–Kier alpha value is 0.464. The van der Waals surface area contributed by atoms with Gasteiger partial charge in [-0.1, -0.05) is 58.3 Å². The summed E-state index contributed by atoms with van der Waals surface area (Å²) < 4.78 is 10.6. The summed E-state index contributed by atoms with van der Waals surface area (Å²) in [5.41, 5.74) is 0. The summed E-state index contributed by atoms with van der Waals surface area (Å²) in [6.45, 7) is 2.27. The van der Waals surface area contributed by atoms with Gasteiger partial charge in [0.25, 0.3) is 10.0 Å². The second kappa shape index (κ2) is 24.5. The molecule has 0 unspecified atom stereocenters. The van der Waals surface area contributed by atoms with Crippen molar-refractivity contribution in [2.24, 2.45) is 0 Å². The maximum absolute atomic E-state index is 8.33. The van der Waals surface area contributed by atoms with Crippen LogP contribution < -0.4 is 10.2 Å². The SMILES string of the molecule is CCCCCCCCCC[SiH2]O[SiH2]O[SiH3].O=C([O-])[O-].[Zn+2]. The molecule has 0 heterocycles. The fraction of sp³-hybridized carbons (Fsp3) is 0.909. The maximum atomic E-state index is 8.33. The van der Waals surface area contributed by atoms with E-state index < -0.39 is 16.2 Å². The zero-order chi connectivity index (χ0) is 14.8. The van der Waals surface area contributed by atoms with Crippen LogP contribution in [0.3, 0.4) is 0 Å². The molecule has 0 atom stereocenters. The van der Waals surface area contributed by atoms with Crippen LogP contribution in [0.2, 0.25) is 6.04 Å². The predicted octanol–water partition coefficient (Wildman–Crippen LogP) is -1.51. The van der Waals surface area contributed by atoms with Gasteiger partial charge in [-0.2, -0.15) is 0 Å². The molecule has 0 aliphatic carbocycles. The first-order valence-electron chi connectivity index (χ1n) is 7.09. The Morgan fingerprint density at radius 2 is 1.50 bits per heavy atom. The van der Waals surface area contributed by atoms with Crippen molar-refractivity contribution in [3.05, 3.63) is 0 Å². The van der Waals surface area contributed by atoms with Crippen molar-refractivity contribution in [1.82, 2.24) is 0 Å². The first kappa shape index (κ1) is 25.4. The Kier molecular flexibility index (Phi) is 31.1. The second-order valence-electron chi connectivity index (χ2n) is 4.39. The molecule has 0 aromatic carbocycles. The molecular formula is C11H28O5Si3Zn. The van der Waals surface area contributed by atoms with Crippen molar-refractivity contribution >= 4 is 36.4 Å². The Bertz CT molecular complexity index is 173. The zero-order valence-corrected chi connectivity index (χ0v) is 20.8. The van der Waals surface area contributed by atoms with Crippen molar-refractivity contribution < 1.29 is 42.7 Å². The number of unbranched alkanes of at least 4 members (excludes halogenated alkanes) is 7. The minimum absolute atomic E-state index is 0. The molecule has 0 fully saturated rings. The van der Waals surface area contributed by atoms with Gasteiger partial charge in [0, 0.05) is 0 Å². The van der Waals surface area contributed by atoms with Gasteiger partial charge in [-0.15, -0.1) is 0 Å². The second-order valence-corrected chi connectivity index (χ2v) is 9.69. The van der Waals surface area contributed by atoms with Gasteiger partial charge in [0.05, 0.1) is 0 Å². The summed E-state index contributed by atoms with van der Waals surface area (Å²) in [6, 6.07) is 1.37. The smallest absolute Gasteiger partial charge is 0.652 e. The van der Waals surface area contributed by atoms with Gasteiger partial charge in [-0.3, -0.25) is 0 Å². The number of hydrogen-bond acceptors (Lipinski definition) is 5. The topological polar surface area (TPSA) is 81.7 Å². The first-order chi connectivity index (χ1) is 9.15. The molecule has 0 saturated heterocycles. The van der Waals surface area contributed by atoms with E-state index in [1.165, 1.54) is 57.4 Å². The van der Waals surface area contributed by atoms with Crippen molar-refractivity contribution in [3.8, 4) is 0 Å². The zero-order valence-electron chi connectivity index (χ0n) is 13.0. The third-order valence-electron chi connectivity index (χ3n) is 2.59. The Morgan fingerprint density at radius 1 is 1.05 bits per heavy atom. The normalized spacial score (nSPS) is 10.7. The minimum Gasteiger partial charge on any atom is -0.652 e. The van der Waals surface area contributed by atoms with Crippen molar-refractivity contribution in [3.63, 3.8) is 0 Å². The summed E-state index contributed by atoms with van der Waals surface area (Å²) >= 11 is 0. The van der Waals surface area contributed by atoms with Crippen molar-refractivity contribution in [2.75, 3.05) is 0 Å². The standard InChI is InChI=1S/C10H28O2Si3.CH2O3.Zn/c1-2-3-4-5-6-7-8-9-10-14-12-15-11-13;2-1(3)4;/h2-10,14-15H2,1,13H3;(H2,2,3,4);/q;;+2/p-2. The monoisotopic (exact) mass is 388 g/mol. The molecule has 0 radical (unpaired) electrons. The van der Waals surface area contributed by atoms with Crippen LogP contribution in [-0.4, -0.2) is 36.4 Å². The van der Waals surface area contributed by atoms with E-state index in [-0.39, 0.29) is 29.2 Å². The van der Waals surface area contributed by atoms with E-state index in [1.807, 2.05) is 0 Å². The maximum Gasteiger partial charge on any atom is 2.00 e. The van der Waals surface area contributed by atoms with Gasteiger partial charge in [0.1, 0.15) is 20.2 Å². The van der Waals surface area contributed by atoms with Gasteiger partial charge in [-0.05, 0) is 12.2 Å². The summed E-state index contributed by atoms with van der Waals surface area (Å²) in [6.07, 6.45) is 9.04. The van der Waals surface area contributed by atoms with E-state index in [0.717, 1.165) is 10.5 Å². The van der Waals surface area contributed by atoms with E-state index in [4.69, 9.17) is 23.2 Å². The van der Waals surface area contributed by atoms with Crippen LogP contribution in [-0.2, 0) is 27.7 Å². The number of carbonyl (C=O) groups is 1. The minimum atomic E-state index is -2.33. The quantitative estimate of drug-likeness (QED) is 0.299. The molecule has 0 rings (SSSR count). The fourth-order valence-corrected chi connectivity index (χ4v) is 5.67. The third-order valence-corrected chi connectivity index (χ3v) is 6.15. The third kappa shape index (κ3) is 36.2. The predicted molar refractivity (Wildman–Crippen MR) is 82.0 cm³/mol. The van der Waals surface area contributed by atoms with E-state index >= 15 is 0 Å². The molecule has 0 aromatic rings. The van der Waals surface area contributed by atoms with Gasteiger partial charge < -0.3 is 23.2 Å². The molecule has 0 aliphatic rings. The van der Waals surface area contributed by atoms with Gasteiger partial charge in [0.15, 0.2) is 0 Å². The molecule has 0 aromatic heterocycles. The van der Waals surface area contributed by atoms with Crippen LogP contribution in [0, 0.1) is 0 Å². The number of carbonyl (C=O) groups excluding carboxylic acids is 1. The van der Waals surface area contributed by atoms with Crippen LogP contribution >= 0.6 is 0 Å². The van der Waals surface area contributed by atoms with Crippen LogP contribution in [0.5, 0.6) is 0 Å². The molecule has 5 nitrogen and oxygen atoms in total. The molecule has 0 aliphatic heterocycles. The van der Waals surface area contributed by atoms with E-state index in [0.29, 0.717) is 0 Å². The fourth-order valence-electron chi connectivity index (χ4n) is 1.66. The Labute approximate surface area is 143 Å². The van der Waals surface area contributed by atoms with Crippen LogP contribution in [0.15, 0.2) is 0 Å².